The van der Waals surface area contributed by atoms with E-state index in [1.165, 1.54) is 83.5 Å². The molecule has 0 rings (SSSR count). The van der Waals surface area contributed by atoms with Gasteiger partial charge in [0.2, 0.25) is 0 Å². The fourth-order valence-corrected chi connectivity index (χ4v) is 4.75. The molecule has 152 valence electrons. The lowest BCUT2D eigenvalue weighted by molar-refractivity contribution is 0.0924. The summed E-state index contributed by atoms with van der Waals surface area (Å²) in [7, 11) is 2.23. The molecule has 1 nitrogen and oxygen atoms in total. The second kappa shape index (κ2) is 15.1. The third-order valence-electron chi connectivity index (χ3n) is 6.71. The van der Waals surface area contributed by atoms with Crippen molar-refractivity contribution in [3.63, 3.8) is 0 Å². The van der Waals surface area contributed by atoms with Crippen molar-refractivity contribution in [3.8, 4) is 0 Å². The molecule has 0 aromatic carbocycles. The van der Waals surface area contributed by atoms with Crippen LogP contribution in [0.15, 0.2) is 0 Å². The first kappa shape index (κ1) is 25.0. The van der Waals surface area contributed by atoms with Gasteiger partial charge in [0.1, 0.15) is 0 Å². The van der Waals surface area contributed by atoms with Gasteiger partial charge in [-0.3, -0.25) is 0 Å². The van der Waals surface area contributed by atoms with Crippen LogP contribution in [0.4, 0.5) is 0 Å². The zero-order valence-electron chi connectivity index (χ0n) is 18.9. The normalized spacial score (nSPS) is 17.9. The maximum atomic E-state index is 3.83. The lowest BCUT2D eigenvalue weighted by atomic mass is 9.65. The van der Waals surface area contributed by atoms with Gasteiger partial charge in [-0.15, -0.1) is 0 Å². The highest BCUT2D eigenvalue weighted by atomic mass is 14.9. The second-order valence-corrected chi connectivity index (χ2v) is 8.88. The van der Waals surface area contributed by atoms with Crippen molar-refractivity contribution in [2.24, 2.45) is 17.3 Å². The Balaban J connectivity index is 5.13. The van der Waals surface area contributed by atoms with Crippen LogP contribution in [-0.2, 0) is 0 Å². The summed E-state index contributed by atoms with van der Waals surface area (Å²) in [5.41, 5.74) is 0.457. The molecule has 0 aliphatic rings. The topological polar surface area (TPSA) is 12.0 Å². The lowest BCUT2D eigenvalue weighted by Gasteiger charge is -2.45. The minimum Gasteiger partial charge on any atom is -0.316 e. The smallest absolute Gasteiger partial charge is 0.0149 e. The minimum absolute atomic E-state index is 0.457. The van der Waals surface area contributed by atoms with Gasteiger partial charge in [0.25, 0.3) is 0 Å². The van der Waals surface area contributed by atoms with Gasteiger partial charge in [-0.05, 0) is 43.6 Å². The molecule has 0 aromatic heterocycles. The number of rotatable bonds is 17. The first-order valence-electron chi connectivity index (χ1n) is 11.7. The van der Waals surface area contributed by atoms with E-state index in [1.807, 2.05) is 0 Å². The number of hydrogen-bond acceptors (Lipinski definition) is 1. The molecule has 0 saturated carbocycles. The summed E-state index contributed by atoms with van der Waals surface area (Å²) in [6.07, 6.45) is 17.9. The summed E-state index contributed by atoms with van der Waals surface area (Å²) in [4.78, 5) is 0. The van der Waals surface area contributed by atoms with Crippen LogP contribution in [0.1, 0.15) is 125 Å². The Morgan fingerprint density at radius 3 is 1.84 bits per heavy atom. The van der Waals surface area contributed by atoms with Crippen LogP contribution in [0, 0.1) is 17.3 Å². The van der Waals surface area contributed by atoms with E-state index < -0.39 is 0 Å². The summed E-state index contributed by atoms with van der Waals surface area (Å²) in [6.45, 7) is 14.5. The Morgan fingerprint density at radius 2 is 1.32 bits per heavy atom. The van der Waals surface area contributed by atoms with Crippen LogP contribution in [0.3, 0.4) is 0 Å². The second-order valence-electron chi connectivity index (χ2n) is 8.88. The summed E-state index contributed by atoms with van der Waals surface area (Å²) in [5.74, 6) is 1.65. The SMILES string of the molecule is CCCCCCCC(C)(CCCC)C(NC)C(CCCC)C(C)CC. The molecule has 0 spiro atoms. The summed E-state index contributed by atoms with van der Waals surface area (Å²) in [5, 5.41) is 3.83. The van der Waals surface area contributed by atoms with Gasteiger partial charge in [0.15, 0.2) is 0 Å². The van der Waals surface area contributed by atoms with Crippen LogP contribution >= 0.6 is 0 Å². The van der Waals surface area contributed by atoms with Crippen molar-refractivity contribution >= 4 is 0 Å². The first-order valence-corrected chi connectivity index (χ1v) is 11.7. The van der Waals surface area contributed by atoms with Gasteiger partial charge in [-0.2, -0.15) is 0 Å². The van der Waals surface area contributed by atoms with Crippen LogP contribution in [0.5, 0.6) is 0 Å². The Kier molecular flexibility index (Phi) is 15.0. The number of unbranched alkanes of at least 4 members (excludes halogenated alkanes) is 6. The molecule has 0 fully saturated rings. The third-order valence-corrected chi connectivity index (χ3v) is 6.71. The maximum Gasteiger partial charge on any atom is 0.0149 e. The van der Waals surface area contributed by atoms with Crippen molar-refractivity contribution in [3.05, 3.63) is 0 Å². The van der Waals surface area contributed by atoms with Gasteiger partial charge in [-0.25, -0.2) is 0 Å². The highest BCUT2D eigenvalue weighted by Crippen LogP contribution is 2.41. The molecule has 0 amide bonds. The quantitative estimate of drug-likeness (QED) is 0.261. The molecule has 1 heteroatoms. The summed E-state index contributed by atoms with van der Waals surface area (Å²) < 4.78 is 0. The zero-order valence-corrected chi connectivity index (χ0v) is 18.9. The van der Waals surface area contributed by atoms with Crippen molar-refractivity contribution < 1.29 is 0 Å². The molecular formula is C24H51N. The highest BCUT2D eigenvalue weighted by Gasteiger charge is 2.38. The van der Waals surface area contributed by atoms with Gasteiger partial charge < -0.3 is 5.32 Å². The van der Waals surface area contributed by atoms with Crippen LogP contribution in [0.25, 0.3) is 0 Å². The van der Waals surface area contributed by atoms with E-state index in [0.717, 1.165) is 11.8 Å². The molecule has 0 aliphatic heterocycles. The standard InChI is InChI=1S/C24H51N/c1-8-12-15-16-17-20-24(6,19-14-10-3)23(25-7)22(18-13-9-2)21(5)11-4/h21-23,25H,8-20H2,1-7H3. The van der Waals surface area contributed by atoms with Crippen LogP contribution < -0.4 is 5.32 Å². The predicted molar refractivity (Wildman–Crippen MR) is 116 cm³/mol. The van der Waals surface area contributed by atoms with Crippen LogP contribution in [-0.4, -0.2) is 13.1 Å². The fourth-order valence-electron chi connectivity index (χ4n) is 4.75. The molecule has 0 saturated heterocycles. The van der Waals surface area contributed by atoms with E-state index in [0.29, 0.717) is 11.5 Å². The number of nitrogens with one attached hydrogen (secondary N) is 1. The van der Waals surface area contributed by atoms with E-state index in [4.69, 9.17) is 0 Å². The Hall–Kier alpha value is -0.0400. The summed E-state index contributed by atoms with van der Waals surface area (Å²) in [6, 6.07) is 0.673. The monoisotopic (exact) mass is 353 g/mol. The van der Waals surface area contributed by atoms with Crippen molar-refractivity contribution in [1.82, 2.24) is 5.32 Å². The van der Waals surface area contributed by atoms with E-state index in [2.05, 4.69) is 53.9 Å². The van der Waals surface area contributed by atoms with E-state index in [-0.39, 0.29) is 0 Å². The molecule has 0 radical (unpaired) electrons. The lowest BCUT2D eigenvalue weighted by Crippen LogP contribution is -2.49. The van der Waals surface area contributed by atoms with Gasteiger partial charge in [0, 0.05) is 6.04 Å². The molecule has 1 N–H and O–H groups in total. The molecule has 4 atom stereocenters. The van der Waals surface area contributed by atoms with E-state index in [9.17, 15) is 0 Å². The number of hydrogen-bond donors (Lipinski definition) is 1. The Morgan fingerprint density at radius 1 is 0.760 bits per heavy atom. The van der Waals surface area contributed by atoms with E-state index >= 15 is 0 Å². The molecule has 4 unspecified atom stereocenters. The maximum absolute atomic E-state index is 3.83. The Labute approximate surface area is 161 Å². The summed E-state index contributed by atoms with van der Waals surface area (Å²) >= 11 is 0. The Bertz CT molecular complexity index is 288. The molecule has 0 bridgehead atoms. The van der Waals surface area contributed by atoms with Gasteiger partial charge in [-0.1, -0.05) is 106 Å². The van der Waals surface area contributed by atoms with Crippen molar-refractivity contribution in [2.45, 2.75) is 131 Å². The van der Waals surface area contributed by atoms with Gasteiger partial charge in [0.05, 0.1) is 0 Å². The van der Waals surface area contributed by atoms with Gasteiger partial charge >= 0.3 is 0 Å². The average molecular weight is 354 g/mol. The third kappa shape index (κ3) is 9.45. The average Bonchev–Trinajstić information content (AvgIpc) is 2.62. The fraction of sp³-hybridized carbons (Fsp3) is 1.00. The first-order chi connectivity index (χ1) is 12.0. The van der Waals surface area contributed by atoms with E-state index in [1.54, 1.807) is 0 Å². The van der Waals surface area contributed by atoms with Crippen molar-refractivity contribution in [2.75, 3.05) is 7.05 Å². The zero-order chi connectivity index (χ0) is 19.1. The molecule has 0 aromatic rings. The highest BCUT2D eigenvalue weighted by molar-refractivity contribution is 4.93. The predicted octanol–water partition coefficient (Wildman–Crippen LogP) is 7.98. The molecular weight excluding hydrogens is 302 g/mol. The minimum atomic E-state index is 0.457. The largest absolute Gasteiger partial charge is 0.316 e. The van der Waals surface area contributed by atoms with Crippen LogP contribution in [0.2, 0.25) is 0 Å². The molecule has 0 aliphatic carbocycles. The molecule has 25 heavy (non-hydrogen) atoms. The molecule has 0 heterocycles. The van der Waals surface area contributed by atoms with Crippen molar-refractivity contribution in [1.29, 1.82) is 0 Å².